The molecule has 1 nitrogen and oxygen atoms in total. The standard InChI is InChI=1S/C4H8ClNS/c1-7(2,3-5)4-6/h3H2,1-2H3. The molecule has 0 heterocycles. The number of thiocyanates is 1. The van der Waals surface area contributed by atoms with Crippen molar-refractivity contribution in [3.8, 4) is 5.40 Å². The predicted molar refractivity (Wildman–Crippen MR) is 35.8 cm³/mol. The second kappa shape index (κ2) is 2.44. The normalized spacial score (nSPS) is 12.9. The lowest BCUT2D eigenvalue weighted by molar-refractivity contribution is 1.56. The lowest BCUT2D eigenvalue weighted by Crippen LogP contribution is -1.89. The number of hydrogen-bond donors (Lipinski definition) is 0. The van der Waals surface area contributed by atoms with Gasteiger partial charge in [-0.15, -0.1) is 21.6 Å². The lowest BCUT2D eigenvalue weighted by Gasteiger charge is -2.14. The van der Waals surface area contributed by atoms with Gasteiger partial charge in [-0.05, 0) is 12.5 Å². The van der Waals surface area contributed by atoms with Crippen LogP contribution in [-0.4, -0.2) is 17.7 Å². The van der Waals surface area contributed by atoms with E-state index in [9.17, 15) is 0 Å². The van der Waals surface area contributed by atoms with E-state index in [2.05, 4.69) is 5.40 Å². The Labute approximate surface area is 50.6 Å². The number of nitriles is 1. The van der Waals surface area contributed by atoms with Crippen LogP contribution in [0.2, 0.25) is 0 Å². The maximum atomic E-state index is 8.30. The summed E-state index contributed by atoms with van der Waals surface area (Å²) in [4.78, 5) is 0. The molecule has 0 N–H and O–H groups in total. The molecule has 0 aliphatic rings. The van der Waals surface area contributed by atoms with Crippen LogP contribution >= 0.6 is 21.6 Å². The highest BCUT2D eigenvalue weighted by Gasteiger charge is 2.05. The summed E-state index contributed by atoms with van der Waals surface area (Å²) in [6.07, 6.45) is 3.78. The second-order valence-electron chi connectivity index (χ2n) is 1.74. The van der Waals surface area contributed by atoms with E-state index in [1.165, 1.54) is 0 Å². The molecule has 0 amide bonds. The van der Waals surface area contributed by atoms with Crippen LogP contribution in [0, 0.1) is 10.7 Å². The molecule has 0 aliphatic carbocycles. The van der Waals surface area contributed by atoms with Crippen molar-refractivity contribution in [2.24, 2.45) is 0 Å². The van der Waals surface area contributed by atoms with Crippen LogP contribution in [0.4, 0.5) is 0 Å². The Balaban J connectivity index is 3.66. The van der Waals surface area contributed by atoms with E-state index in [0.29, 0.717) is 5.21 Å². The van der Waals surface area contributed by atoms with Crippen molar-refractivity contribution in [2.75, 3.05) is 17.7 Å². The minimum atomic E-state index is -1.09. The summed E-state index contributed by atoms with van der Waals surface area (Å²) >= 11 is 5.41. The van der Waals surface area contributed by atoms with Gasteiger partial charge in [0.2, 0.25) is 0 Å². The molecule has 0 aromatic rings. The molecule has 7 heavy (non-hydrogen) atoms. The van der Waals surface area contributed by atoms with E-state index in [4.69, 9.17) is 16.9 Å². The zero-order valence-electron chi connectivity index (χ0n) is 4.44. The number of halogens is 1. The fourth-order valence-electron chi connectivity index (χ4n) is 0.0244. The zero-order chi connectivity index (χ0) is 5.91. The number of nitrogens with zero attached hydrogens (tertiary/aromatic N) is 1. The first-order valence-corrected chi connectivity index (χ1v) is 4.95. The Bertz CT molecular complexity index is 94.4. The van der Waals surface area contributed by atoms with E-state index in [0.717, 1.165) is 0 Å². The zero-order valence-corrected chi connectivity index (χ0v) is 6.01. The van der Waals surface area contributed by atoms with Crippen LogP contribution in [0.5, 0.6) is 0 Å². The summed E-state index contributed by atoms with van der Waals surface area (Å²) in [6.45, 7) is 0. The van der Waals surface area contributed by atoms with E-state index >= 15 is 0 Å². The smallest absolute Gasteiger partial charge is 0.114 e. The van der Waals surface area contributed by atoms with Crippen molar-refractivity contribution in [1.82, 2.24) is 0 Å². The van der Waals surface area contributed by atoms with Crippen LogP contribution in [0.25, 0.3) is 0 Å². The van der Waals surface area contributed by atoms with Crippen LogP contribution in [0.1, 0.15) is 0 Å². The van der Waals surface area contributed by atoms with Gasteiger partial charge in [0.25, 0.3) is 0 Å². The first-order chi connectivity index (χ1) is 3.12. The van der Waals surface area contributed by atoms with E-state index in [1.54, 1.807) is 0 Å². The molecule has 0 aromatic heterocycles. The highest BCUT2D eigenvalue weighted by Crippen LogP contribution is 2.38. The summed E-state index contributed by atoms with van der Waals surface area (Å²) < 4.78 is 0. The molecule has 42 valence electrons. The van der Waals surface area contributed by atoms with Gasteiger partial charge in [-0.3, -0.25) is 0 Å². The molecule has 0 rings (SSSR count). The first-order valence-electron chi connectivity index (χ1n) is 1.80. The summed E-state index contributed by atoms with van der Waals surface area (Å²) in [5.41, 5.74) is 0. The Hall–Kier alpha value is 0.130. The molecule has 3 heteroatoms. The Morgan fingerprint density at radius 3 is 2.14 bits per heavy atom. The third-order valence-corrected chi connectivity index (χ3v) is 3.20. The highest BCUT2D eigenvalue weighted by molar-refractivity contribution is 8.37. The van der Waals surface area contributed by atoms with Gasteiger partial charge in [-0.2, -0.15) is 5.26 Å². The predicted octanol–water partition coefficient (Wildman–Crippen LogP) is 1.73. The van der Waals surface area contributed by atoms with Gasteiger partial charge in [0.15, 0.2) is 0 Å². The monoisotopic (exact) mass is 137 g/mol. The second-order valence-corrected chi connectivity index (χ2v) is 5.87. The quantitative estimate of drug-likeness (QED) is 0.399. The van der Waals surface area contributed by atoms with E-state index < -0.39 is 10.0 Å². The van der Waals surface area contributed by atoms with Crippen LogP contribution in [0.15, 0.2) is 0 Å². The first kappa shape index (κ1) is 7.13. The van der Waals surface area contributed by atoms with Gasteiger partial charge in [0, 0.05) is 0 Å². The molecule has 0 saturated heterocycles. The number of alkyl halides is 1. The molecular weight excluding hydrogens is 130 g/mol. The Kier molecular flexibility index (Phi) is 2.49. The summed E-state index contributed by atoms with van der Waals surface area (Å²) in [5, 5.41) is 10.9. The van der Waals surface area contributed by atoms with Gasteiger partial charge >= 0.3 is 0 Å². The van der Waals surface area contributed by atoms with Crippen molar-refractivity contribution in [1.29, 1.82) is 5.26 Å². The molecular formula is C4H8ClNS. The van der Waals surface area contributed by atoms with Crippen molar-refractivity contribution >= 4 is 21.6 Å². The van der Waals surface area contributed by atoms with Crippen molar-refractivity contribution in [3.05, 3.63) is 0 Å². The third kappa shape index (κ3) is 2.78. The van der Waals surface area contributed by atoms with Crippen molar-refractivity contribution in [2.45, 2.75) is 0 Å². The van der Waals surface area contributed by atoms with Crippen molar-refractivity contribution < 1.29 is 0 Å². The van der Waals surface area contributed by atoms with E-state index in [-0.39, 0.29) is 0 Å². The number of hydrogen-bond acceptors (Lipinski definition) is 1. The molecule has 0 aromatic carbocycles. The van der Waals surface area contributed by atoms with E-state index in [1.807, 2.05) is 12.5 Å². The minimum Gasteiger partial charge on any atom is -0.187 e. The van der Waals surface area contributed by atoms with Gasteiger partial charge in [-0.25, -0.2) is 0 Å². The topological polar surface area (TPSA) is 23.8 Å². The van der Waals surface area contributed by atoms with Gasteiger partial charge in [0.05, 0.1) is 5.21 Å². The van der Waals surface area contributed by atoms with Gasteiger partial charge < -0.3 is 0 Å². The Morgan fingerprint density at radius 2 is 2.14 bits per heavy atom. The fraction of sp³-hybridized carbons (Fsp3) is 0.750. The number of rotatable bonds is 1. The molecule has 0 spiro atoms. The lowest BCUT2D eigenvalue weighted by atomic mass is 11.7. The molecule has 0 unspecified atom stereocenters. The van der Waals surface area contributed by atoms with Crippen LogP contribution < -0.4 is 0 Å². The largest absolute Gasteiger partial charge is 0.187 e. The SMILES string of the molecule is CS(C)(C#N)CCl. The molecule has 0 radical (unpaired) electrons. The molecule has 0 fully saturated rings. The summed E-state index contributed by atoms with van der Waals surface area (Å²) in [7, 11) is -1.09. The Morgan fingerprint density at radius 1 is 1.71 bits per heavy atom. The molecule has 0 aliphatic heterocycles. The maximum Gasteiger partial charge on any atom is 0.114 e. The van der Waals surface area contributed by atoms with Crippen LogP contribution in [0.3, 0.4) is 0 Å². The molecule has 0 saturated carbocycles. The van der Waals surface area contributed by atoms with Gasteiger partial charge in [-0.1, -0.05) is 0 Å². The molecule has 0 bridgehead atoms. The van der Waals surface area contributed by atoms with Crippen molar-refractivity contribution in [3.63, 3.8) is 0 Å². The fourth-order valence-corrected chi connectivity index (χ4v) is 0.220. The average Bonchev–Trinajstić information content (AvgIpc) is 1.68. The summed E-state index contributed by atoms with van der Waals surface area (Å²) in [5.74, 6) is 0. The molecule has 0 atom stereocenters. The summed E-state index contributed by atoms with van der Waals surface area (Å²) in [6, 6.07) is 0. The van der Waals surface area contributed by atoms with Gasteiger partial charge in [0.1, 0.15) is 5.40 Å². The third-order valence-electron chi connectivity index (χ3n) is 0.520. The average molecular weight is 138 g/mol. The van der Waals surface area contributed by atoms with Crippen LogP contribution in [-0.2, 0) is 0 Å². The minimum absolute atomic E-state index is 0.490. The highest BCUT2D eigenvalue weighted by atomic mass is 35.5. The maximum absolute atomic E-state index is 8.30.